The molecular formula is C26H48Cl2Hf2N2Si2. The molecular weight excluding hydrogens is 824 g/mol. The summed E-state index contributed by atoms with van der Waals surface area (Å²) in [5, 5.41) is 0. The van der Waals surface area contributed by atoms with Crippen molar-refractivity contribution in [2.45, 2.75) is 116 Å². The number of hydrogen-bond donors (Lipinski definition) is 2. The van der Waals surface area contributed by atoms with Gasteiger partial charge in [-0.25, -0.2) is 0 Å². The number of nitrogens with one attached hydrogen (secondary N) is 2. The van der Waals surface area contributed by atoms with Crippen molar-refractivity contribution in [2.24, 2.45) is 0 Å². The van der Waals surface area contributed by atoms with Gasteiger partial charge in [0.1, 0.15) is 0 Å². The molecule has 0 amide bonds. The third-order valence-corrected chi connectivity index (χ3v) is 56.0. The van der Waals surface area contributed by atoms with E-state index in [0.29, 0.717) is 0 Å². The van der Waals surface area contributed by atoms with Gasteiger partial charge in [-0.1, -0.05) is 0 Å². The van der Waals surface area contributed by atoms with Crippen LogP contribution in [0.1, 0.15) is 78.1 Å². The van der Waals surface area contributed by atoms with Crippen LogP contribution in [0.5, 0.6) is 0 Å². The molecule has 2 N–H and O–H groups in total. The van der Waals surface area contributed by atoms with Gasteiger partial charge in [-0.2, -0.15) is 0 Å². The Kier molecular flexibility index (Phi) is 17.1. The predicted molar refractivity (Wildman–Crippen MR) is 141 cm³/mol. The van der Waals surface area contributed by atoms with Crippen LogP contribution in [0, 0.1) is 0 Å². The standard InChI is InChI=1S/2C6H7.2C5H10N.2C2H7Si.2ClH.2Hf/c2*1-6-4-2-3-5-6;2*6-5-3-1-2-4-5;2*1-3-2;;;;/h2*4-5H,2H2,1H3;2*5-6H,1-4H2;2*3H,1-2H3;2*1H;;/q;;2*-1;;;;;2*+2/p-2. The minimum atomic E-state index is -1.55. The van der Waals surface area contributed by atoms with E-state index >= 15 is 0 Å². The first kappa shape index (κ1) is 33.7. The number of allylic oxidation sites excluding steroid dienone is 8. The molecule has 192 valence electrons. The van der Waals surface area contributed by atoms with E-state index in [4.69, 9.17) is 0 Å². The van der Waals surface area contributed by atoms with Gasteiger partial charge < -0.3 is 24.8 Å². The van der Waals surface area contributed by atoms with E-state index in [-0.39, 0.29) is 24.8 Å². The molecule has 0 aromatic rings. The third-order valence-electron chi connectivity index (χ3n) is 7.37. The van der Waals surface area contributed by atoms with Crippen LogP contribution in [-0.4, -0.2) is 24.1 Å². The van der Waals surface area contributed by atoms with Crippen molar-refractivity contribution < 1.29 is 66.6 Å². The Morgan fingerprint density at radius 1 is 0.647 bits per heavy atom. The second-order valence-electron chi connectivity index (χ2n) is 11.0. The van der Waals surface area contributed by atoms with Crippen LogP contribution >= 0.6 is 0 Å². The average Bonchev–Trinajstić information content (AvgIpc) is 3.53. The first-order valence-electron chi connectivity index (χ1n) is 13.4. The van der Waals surface area contributed by atoms with E-state index in [9.17, 15) is 0 Å². The second kappa shape index (κ2) is 17.3. The summed E-state index contributed by atoms with van der Waals surface area (Å²) in [5.41, 5.74) is 3.03. The molecule has 34 heavy (non-hydrogen) atoms. The van der Waals surface area contributed by atoms with Gasteiger partial charge >= 0.3 is 219 Å². The Bertz CT molecular complexity index is 679. The third kappa shape index (κ3) is 10.8. The SMILES string of the molecule is CC1=CC[C]([Hf+]([NH]C2CCCC2)[SiH](C)C)=C1.CC1=CC[C]([Hf+]([NH]C2CCCC2)[SiH](C)C)=C1.[Cl-].[Cl-]. The molecule has 0 unspecified atom stereocenters. The van der Waals surface area contributed by atoms with Gasteiger partial charge in [0.15, 0.2) is 0 Å². The molecule has 0 saturated heterocycles. The first-order valence-corrected chi connectivity index (χ1v) is 38.8. The van der Waals surface area contributed by atoms with Crippen molar-refractivity contribution >= 4 is 12.0 Å². The summed E-state index contributed by atoms with van der Waals surface area (Å²) in [4.78, 5) is 0. The molecule has 0 spiro atoms. The minimum Gasteiger partial charge on any atom is -1.00 e. The van der Waals surface area contributed by atoms with E-state index in [2.05, 4.69) is 70.9 Å². The number of rotatable bonds is 8. The Morgan fingerprint density at radius 2 is 0.971 bits per heavy atom. The number of hydrogen-bond acceptors (Lipinski definition) is 2. The van der Waals surface area contributed by atoms with Crippen LogP contribution < -0.4 is 31.4 Å². The molecule has 0 radical (unpaired) electrons. The molecule has 2 saturated carbocycles. The molecule has 4 aliphatic rings. The molecule has 2 nitrogen and oxygen atoms in total. The Labute approximate surface area is 241 Å². The van der Waals surface area contributed by atoms with E-state index in [0.717, 1.165) is 12.1 Å². The van der Waals surface area contributed by atoms with Crippen LogP contribution in [0.4, 0.5) is 0 Å². The summed E-state index contributed by atoms with van der Waals surface area (Å²) in [6.45, 7) is 14.8. The van der Waals surface area contributed by atoms with Gasteiger partial charge in [0.05, 0.1) is 0 Å². The summed E-state index contributed by atoms with van der Waals surface area (Å²) in [5.74, 6) is -0.844. The zero-order chi connectivity index (χ0) is 23.1. The minimum absolute atomic E-state index is 0. The van der Waals surface area contributed by atoms with Crippen molar-refractivity contribution in [2.75, 3.05) is 0 Å². The molecule has 0 aromatic carbocycles. The second-order valence-corrected chi connectivity index (χ2v) is 62.6. The van der Waals surface area contributed by atoms with E-state index in [1.807, 2.05) is 6.66 Å². The molecule has 4 aliphatic carbocycles. The van der Waals surface area contributed by atoms with Gasteiger partial charge in [-0.05, 0) is 0 Å². The van der Waals surface area contributed by atoms with Crippen LogP contribution in [0.25, 0.3) is 0 Å². The molecule has 0 bridgehead atoms. The van der Waals surface area contributed by atoms with Crippen molar-refractivity contribution in [3.05, 3.63) is 42.1 Å². The van der Waals surface area contributed by atoms with Gasteiger partial charge in [0.25, 0.3) is 0 Å². The van der Waals surface area contributed by atoms with Crippen LogP contribution in [0.2, 0.25) is 26.2 Å². The summed E-state index contributed by atoms with van der Waals surface area (Å²) in [6.07, 6.45) is 24.1. The summed E-state index contributed by atoms with van der Waals surface area (Å²) < 4.78 is 12.0. The zero-order valence-corrected chi connectivity index (χ0v) is 33.5. The molecule has 0 aromatic heterocycles. The van der Waals surface area contributed by atoms with Gasteiger partial charge in [0, 0.05) is 0 Å². The van der Waals surface area contributed by atoms with Crippen molar-refractivity contribution in [1.82, 2.24) is 6.61 Å². The maximum atomic E-state index is 4.15. The topological polar surface area (TPSA) is 24.1 Å². The van der Waals surface area contributed by atoms with E-state index in [1.165, 1.54) is 75.4 Å². The van der Waals surface area contributed by atoms with Gasteiger partial charge in [-0.15, -0.1) is 0 Å². The predicted octanol–water partition coefficient (Wildman–Crippen LogP) is 0.546. The largest absolute Gasteiger partial charge is 1.00 e. The van der Waals surface area contributed by atoms with E-state index < -0.39 is 53.8 Å². The molecule has 2 fully saturated rings. The maximum absolute atomic E-state index is 4.15. The molecule has 0 heterocycles. The van der Waals surface area contributed by atoms with Crippen molar-refractivity contribution in [3.8, 4) is 0 Å². The smallest absolute Gasteiger partial charge is 1.00 e. The average molecular weight is 873 g/mol. The van der Waals surface area contributed by atoms with Crippen LogP contribution in [0.15, 0.2) is 42.1 Å². The Hall–Kier alpha value is 1.63. The first-order chi connectivity index (χ1) is 15.3. The zero-order valence-electron chi connectivity index (χ0n) is 22.4. The fourth-order valence-corrected chi connectivity index (χ4v) is 49.6. The monoisotopic (exact) mass is 874 g/mol. The molecule has 0 atom stereocenters. The number of halogens is 2. The maximum Gasteiger partial charge on any atom is -1.00 e. The summed E-state index contributed by atoms with van der Waals surface area (Å²) in [7, 11) is 0. The quantitative estimate of drug-likeness (QED) is 0.349. The van der Waals surface area contributed by atoms with Crippen molar-refractivity contribution in [3.63, 3.8) is 0 Å². The fourth-order valence-electron chi connectivity index (χ4n) is 5.54. The summed E-state index contributed by atoms with van der Waals surface area (Å²) in [6, 6.07) is 1.80. The Balaban J connectivity index is 0.000000321. The molecule has 4 rings (SSSR count). The molecule has 0 aliphatic heterocycles. The van der Waals surface area contributed by atoms with Gasteiger partial charge in [-0.3, -0.25) is 0 Å². The van der Waals surface area contributed by atoms with Crippen LogP contribution in [-0.2, 0) is 41.8 Å². The van der Waals surface area contributed by atoms with E-state index in [1.54, 1.807) is 0 Å². The van der Waals surface area contributed by atoms with Crippen molar-refractivity contribution in [1.29, 1.82) is 0 Å². The van der Waals surface area contributed by atoms with Crippen LogP contribution in [0.3, 0.4) is 0 Å². The molecule has 8 heteroatoms. The summed E-state index contributed by atoms with van der Waals surface area (Å²) >= 11 is -3.09. The fraction of sp³-hybridized carbons (Fsp3) is 0.692. The van der Waals surface area contributed by atoms with Gasteiger partial charge in [0.2, 0.25) is 0 Å². The Morgan fingerprint density at radius 3 is 1.21 bits per heavy atom. The normalized spacial score (nSPS) is 20.2.